The van der Waals surface area contributed by atoms with Gasteiger partial charge < -0.3 is 10.1 Å². The molecule has 1 heterocycles. The number of hydrogen-bond donors (Lipinski definition) is 3. The summed E-state index contributed by atoms with van der Waals surface area (Å²) in [7, 11) is 0. The summed E-state index contributed by atoms with van der Waals surface area (Å²) >= 11 is 0. The van der Waals surface area contributed by atoms with Gasteiger partial charge >= 0.3 is 11.7 Å². The van der Waals surface area contributed by atoms with Crippen LogP contribution in [0.1, 0.15) is 26.4 Å². The molecule has 0 radical (unpaired) electrons. The van der Waals surface area contributed by atoms with Crippen molar-refractivity contribution in [1.29, 1.82) is 0 Å². The number of aromatic carboxylic acids is 1. The molecule has 0 unspecified atom stereocenters. The van der Waals surface area contributed by atoms with Crippen molar-refractivity contribution in [2.45, 2.75) is 0 Å². The minimum Gasteiger partial charge on any atom is -0.478 e. The Hall–Kier alpha value is -4.14. The fourth-order valence-corrected chi connectivity index (χ4v) is 2.37. The molecule has 9 heteroatoms. The van der Waals surface area contributed by atoms with Crippen molar-refractivity contribution >= 4 is 18.1 Å². The Labute approximate surface area is 157 Å². The predicted octanol–water partition coefficient (Wildman–Crippen LogP) is 2.04. The van der Waals surface area contributed by atoms with E-state index in [2.05, 4.69) is 20.5 Å². The molecule has 0 fully saturated rings. The van der Waals surface area contributed by atoms with Gasteiger partial charge in [0.05, 0.1) is 17.5 Å². The number of amides is 1. The Bertz CT molecular complexity index is 1120. The first-order valence-corrected chi connectivity index (χ1v) is 7.97. The summed E-state index contributed by atoms with van der Waals surface area (Å²) in [4.78, 5) is 41.2. The maximum absolute atomic E-state index is 13.0. The van der Waals surface area contributed by atoms with Gasteiger partial charge in [0.1, 0.15) is 11.5 Å². The zero-order chi connectivity index (χ0) is 20.1. The number of aromatic amines is 1. The van der Waals surface area contributed by atoms with E-state index in [4.69, 9.17) is 5.11 Å². The van der Waals surface area contributed by atoms with E-state index in [1.54, 1.807) is 12.1 Å². The molecule has 0 saturated carbocycles. The molecule has 2 aromatic carbocycles. The summed E-state index contributed by atoms with van der Waals surface area (Å²) in [6.07, 6.45) is 1.18. The molecule has 1 amide bonds. The Morgan fingerprint density at radius 3 is 2.57 bits per heavy atom. The van der Waals surface area contributed by atoms with Crippen molar-refractivity contribution in [3.8, 4) is 11.3 Å². The molecular formula is C19H13FN4O4. The van der Waals surface area contributed by atoms with E-state index in [0.29, 0.717) is 11.1 Å². The van der Waals surface area contributed by atoms with Crippen LogP contribution in [-0.4, -0.2) is 33.2 Å². The molecule has 0 bridgehead atoms. The van der Waals surface area contributed by atoms with Crippen molar-refractivity contribution in [1.82, 2.24) is 15.4 Å². The lowest BCUT2D eigenvalue weighted by Gasteiger charge is -2.04. The Morgan fingerprint density at radius 1 is 1.14 bits per heavy atom. The normalized spacial score (nSPS) is 10.8. The Kier molecular flexibility index (Phi) is 5.35. The molecule has 0 spiro atoms. The molecule has 0 aliphatic rings. The Morgan fingerprint density at radius 2 is 1.86 bits per heavy atom. The second-order valence-corrected chi connectivity index (χ2v) is 5.58. The summed E-state index contributed by atoms with van der Waals surface area (Å²) in [5, 5.41) is 12.8. The highest BCUT2D eigenvalue weighted by atomic mass is 19.1. The van der Waals surface area contributed by atoms with E-state index in [1.165, 1.54) is 48.7 Å². The number of carboxylic acids is 1. The molecule has 0 atom stereocenters. The van der Waals surface area contributed by atoms with Crippen LogP contribution in [0.4, 0.5) is 4.39 Å². The van der Waals surface area contributed by atoms with Crippen LogP contribution in [0.2, 0.25) is 0 Å². The lowest BCUT2D eigenvalue weighted by Crippen LogP contribution is -2.24. The van der Waals surface area contributed by atoms with Gasteiger partial charge in [-0.1, -0.05) is 18.2 Å². The number of H-pyrrole nitrogens is 1. The smallest absolute Gasteiger partial charge is 0.346 e. The van der Waals surface area contributed by atoms with E-state index in [-0.39, 0.29) is 17.0 Å². The second kappa shape index (κ2) is 8.04. The van der Waals surface area contributed by atoms with Crippen LogP contribution in [-0.2, 0) is 0 Å². The van der Waals surface area contributed by atoms with Gasteiger partial charge in [-0.3, -0.25) is 4.79 Å². The first kappa shape index (κ1) is 18.6. The van der Waals surface area contributed by atoms with Crippen molar-refractivity contribution in [3.05, 3.63) is 87.7 Å². The van der Waals surface area contributed by atoms with Gasteiger partial charge in [-0.15, -0.1) is 0 Å². The third kappa shape index (κ3) is 4.33. The fourth-order valence-electron chi connectivity index (χ4n) is 2.37. The Balaban J connectivity index is 1.81. The number of aromatic nitrogens is 2. The van der Waals surface area contributed by atoms with E-state index in [1.807, 2.05) is 0 Å². The largest absolute Gasteiger partial charge is 0.478 e. The molecule has 1 aromatic heterocycles. The number of nitrogens with zero attached hydrogens (tertiary/aromatic N) is 2. The lowest BCUT2D eigenvalue weighted by molar-refractivity contribution is 0.0696. The molecule has 0 aliphatic carbocycles. The number of hydrazone groups is 1. The van der Waals surface area contributed by atoms with Crippen molar-refractivity contribution < 1.29 is 19.1 Å². The predicted molar refractivity (Wildman–Crippen MR) is 98.7 cm³/mol. The van der Waals surface area contributed by atoms with Crippen LogP contribution in [0, 0.1) is 5.82 Å². The topological polar surface area (TPSA) is 125 Å². The van der Waals surface area contributed by atoms with Crippen molar-refractivity contribution in [2.75, 3.05) is 0 Å². The lowest BCUT2D eigenvalue weighted by atomic mass is 10.1. The summed E-state index contributed by atoms with van der Waals surface area (Å²) in [5.41, 5.74) is 2.31. The van der Waals surface area contributed by atoms with E-state index in [0.717, 1.165) is 0 Å². The van der Waals surface area contributed by atoms with Crippen molar-refractivity contribution in [3.63, 3.8) is 0 Å². The minimum atomic E-state index is -1.13. The third-order valence-electron chi connectivity index (χ3n) is 3.69. The number of nitrogens with one attached hydrogen (secondary N) is 2. The van der Waals surface area contributed by atoms with Crippen LogP contribution >= 0.6 is 0 Å². The zero-order valence-electron chi connectivity index (χ0n) is 14.2. The molecule has 3 N–H and O–H groups in total. The second-order valence-electron chi connectivity index (χ2n) is 5.58. The van der Waals surface area contributed by atoms with E-state index < -0.39 is 23.4 Å². The number of carboxylic acid groups (broad SMARTS) is 1. The van der Waals surface area contributed by atoms with Crippen LogP contribution in [0.3, 0.4) is 0 Å². The van der Waals surface area contributed by atoms with Gasteiger partial charge in [-0.25, -0.2) is 19.4 Å². The van der Waals surface area contributed by atoms with Crippen LogP contribution in [0.25, 0.3) is 11.3 Å². The standard InChI is InChI=1S/C19H13FN4O4/c20-13-7-5-11(6-8-13)15-9-16(23-19(28)22-15)17(25)24-21-10-12-3-1-2-4-14(12)18(26)27/h1-10H,(H,24,25)(H,26,27)(H,22,23,28)/b21-10+. The minimum absolute atomic E-state index is 0.0245. The first-order valence-electron chi connectivity index (χ1n) is 7.97. The molecule has 140 valence electrons. The maximum Gasteiger partial charge on any atom is 0.346 e. The van der Waals surface area contributed by atoms with Gasteiger partial charge in [-0.2, -0.15) is 10.1 Å². The quantitative estimate of drug-likeness (QED) is 0.461. The van der Waals surface area contributed by atoms with Gasteiger partial charge in [0.2, 0.25) is 0 Å². The van der Waals surface area contributed by atoms with E-state index >= 15 is 0 Å². The fraction of sp³-hybridized carbons (Fsp3) is 0. The number of benzene rings is 2. The molecule has 28 heavy (non-hydrogen) atoms. The van der Waals surface area contributed by atoms with Crippen LogP contribution < -0.4 is 11.1 Å². The van der Waals surface area contributed by atoms with Gasteiger partial charge in [0, 0.05) is 11.1 Å². The summed E-state index contributed by atoms with van der Waals surface area (Å²) in [6.45, 7) is 0. The van der Waals surface area contributed by atoms with Gasteiger partial charge in [-0.05, 0) is 36.4 Å². The number of carbonyl (C=O) groups excluding carboxylic acids is 1. The molecule has 3 rings (SSSR count). The average Bonchev–Trinajstić information content (AvgIpc) is 2.68. The van der Waals surface area contributed by atoms with E-state index in [9.17, 15) is 18.8 Å². The van der Waals surface area contributed by atoms with Gasteiger partial charge in [0.15, 0.2) is 0 Å². The summed E-state index contributed by atoms with van der Waals surface area (Å²) in [5.74, 6) is -2.30. The molecular weight excluding hydrogens is 367 g/mol. The first-order chi connectivity index (χ1) is 13.4. The number of carbonyl (C=O) groups is 2. The zero-order valence-corrected chi connectivity index (χ0v) is 14.2. The van der Waals surface area contributed by atoms with Crippen molar-refractivity contribution in [2.24, 2.45) is 5.10 Å². The number of hydrogen-bond acceptors (Lipinski definition) is 5. The van der Waals surface area contributed by atoms with Crippen LogP contribution in [0.15, 0.2) is 64.5 Å². The number of halogens is 1. The SMILES string of the molecule is O=C(N/N=C/c1ccccc1C(=O)O)c1cc(-c2ccc(F)cc2)nc(=O)[nH]1. The van der Waals surface area contributed by atoms with Crippen LogP contribution in [0.5, 0.6) is 0 Å². The highest BCUT2D eigenvalue weighted by molar-refractivity contribution is 5.99. The monoisotopic (exact) mass is 380 g/mol. The van der Waals surface area contributed by atoms with Gasteiger partial charge in [0.25, 0.3) is 5.91 Å². The molecule has 3 aromatic rings. The maximum atomic E-state index is 13.0. The summed E-state index contributed by atoms with van der Waals surface area (Å²) < 4.78 is 13.0. The molecule has 0 aliphatic heterocycles. The average molecular weight is 380 g/mol. The molecule has 0 saturated heterocycles. The summed E-state index contributed by atoms with van der Waals surface area (Å²) in [6, 6.07) is 12.7. The number of rotatable bonds is 5. The third-order valence-corrected chi connectivity index (χ3v) is 3.69. The molecule has 8 nitrogen and oxygen atoms in total. The highest BCUT2D eigenvalue weighted by Gasteiger charge is 2.11. The highest BCUT2D eigenvalue weighted by Crippen LogP contribution is 2.16.